The van der Waals surface area contributed by atoms with Crippen molar-refractivity contribution in [3.8, 4) is 0 Å². The number of H-pyrrole nitrogens is 1. The van der Waals surface area contributed by atoms with Crippen LogP contribution in [-0.4, -0.2) is 54.3 Å². The molecule has 0 aliphatic carbocycles. The van der Waals surface area contributed by atoms with Crippen LogP contribution in [0, 0.1) is 0 Å². The van der Waals surface area contributed by atoms with Gasteiger partial charge in [0.05, 0.1) is 18.9 Å². The summed E-state index contributed by atoms with van der Waals surface area (Å²) in [4.78, 5) is 24.9. The lowest BCUT2D eigenvalue weighted by molar-refractivity contribution is 0.122. The zero-order valence-electron chi connectivity index (χ0n) is 14.7. The number of benzene rings is 1. The van der Waals surface area contributed by atoms with Crippen molar-refractivity contribution < 1.29 is 4.74 Å². The number of aromatic nitrogens is 2. The number of ether oxygens (including phenoxy) is 1. The number of aromatic amines is 1. The molecule has 1 aromatic heterocycles. The van der Waals surface area contributed by atoms with Crippen LogP contribution < -0.4 is 10.5 Å². The fourth-order valence-corrected chi connectivity index (χ4v) is 4.00. The lowest BCUT2D eigenvalue weighted by atomic mass is 10.1. The van der Waals surface area contributed by atoms with Gasteiger partial charge in [-0.05, 0) is 18.1 Å². The number of anilines is 1. The van der Waals surface area contributed by atoms with Crippen molar-refractivity contribution in [1.82, 2.24) is 14.9 Å². The third-order valence-corrected chi connectivity index (χ3v) is 5.87. The molecule has 26 heavy (non-hydrogen) atoms. The molecule has 0 radical (unpaired) electrons. The van der Waals surface area contributed by atoms with E-state index in [1.807, 2.05) is 6.07 Å². The zero-order chi connectivity index (χ0) is 17.9. The van der Waals surface area contributed by atoms with E-state index < -0.39 is 0 Å². The van der Waals surface area contributed by atoms with Crippen LogP contribution in [0.4, 0.5) is 5.95 Å². The maximum atomic E-state index is 12.6. The second kappa shape index (κ2) is 7.90. The van der Waals surface area contributed by atoms with Crippen molar-refractivity contribution in [3.05, 3.63) is 55.9 Å². The van der Waals surface area contributed by atoms with Crippen molar-refractivity contribution in [2.75, 3.05) is 44.3 Å². The van der Waals surface area contributed by atoms with E-state index in [4.69, 9.17) is 9.72 Å². The molecule has 0 bridgehead atoms. The summed E-state index contributed by atoms with van der Waals surface area (Å²) in [6.07, 6.45) is 1.55. The minimum Gasteiger partial charge on any atom is -0.378 e. The average molecular weight is 419 g/mol. The van der Waals surface area contributed by atoms with E-state index in [9.17, 15) is 4.79 Å². The molecule has 3 heterocycles. The third kappa shape index (κ3) is 3.84. The van der Waals surface area contributed by atoms with Gasteiger partial charge in [-0.2, -0.15) is 0 Å². The quantitative estimate of drug-likeness (QED) is 0.825. The first-order valence-electron chi connectivity index (χ1n) is 9.11. The van der Waals surface area contributed by atoms with Crippen LogP contribution in [-0.2, 0) is 24.1 Å². The zero-order valence-corrected chi connectivity index (χ0v) is 16.3. The van der Waals surface area contributed by atoms with Crippen LogP contribution in [0.2, 0.25) is 0 Å². The molecule has 1 aromatic carbocycles. The van der Waals surface area contributed by atoms with Crippen molar-refractivity contribution in [1.29, 1.82) is 0 Å². The van der Waals surface area contributed by atoms with Crippen LogP contribution in [0.15, 0.2) is 33.5 Å². The highest BCUT2D eigenvalue weighted by atomic mass is 79.9. The molecule has 2 aromatic rings. The summed E-state index contributed by atoms with van der Waals surface area (Å²) in [6, 6.07) is 8.31. The number of nitrogens with one attached hydrogen (secondary N) is 1. The summed E-state index contributed by atoms with van der Waals surface area (Å²) < 4.78 is 6.52. The Bertz CT molecular complexity index is 833. The number of halogens is 1. The van der Waals surface area contributed by atoms with E-state index >= 15 is 0 Å². The molecule has 6 nitrogen and oxygen atoms in total. The number of rotatable bonds is 3. The predicted octanol–water partition coefficient (Wildman–Crippen LogP) is 1.97. The van der Waals surface area contributed by atoms with E-state index in [0.717, 1.165) is 61.3 Å². The minimum atomic E-state index is 0.0132. The molecule has 0 unspecified atom stereocenters. The van der Waals surface area contributed by atoms with Gasteiger partial charge in [0.2, 0.25) is 5.95 Å². The van der Waals surface area contributed by atoms with Gasteiger partial charge >= 0.3 is 0 Å². The van der Waals surface area contributed by atoms with E-state index in [1.54, 1.807) is 0 Å². The highest BCUT2D eigenvalue weighted by Crippen LogP contribution is 2.20. The average Bonchev–Trinajstić information content (AvgIpc) is 2.87. The van der Waals surface area contributed by atoms with E-state index in [-0.39, 0.29) is 5.56 Å². The normalized spacial score (nSPS) is 18.4. The Hall–Kier alpha value is -1.70. The highest BCUT2D eigenvalue weighted by molar-refractivity contribution is 9.10. The summed E-state index contributed by atoms with van der Waals surface area (Å²) in [5.41, 5.74) is 3.08. The molecule has 7 heteroatoms. The SMILES string of the molecule is O=c1[nH]c(N2CCOCC2)nc2c1CCN(Cc1ccccc1Br)CC2. The first-order valence-corrected chi connectivity index (χ1v) is 9.90. The largest absolute Gasteiger partial charge is 0.378 e. The standard InChI is InChI=1S/C19H23BrN4O2/c20-16-4-2-1-3-14(16)13-23-7-5-15-17(6-8-23)21-19(22-18(15)25)24-9-11-26-12-10-24/h1-4H,5-13H2,(H,21,22,25). The summed E-state index contributed by atoms with van der Waals surface area (Å²) in [6.45, 7) is 5.57. The molecule has 0 saturated carbocycles. The van der Waals surface area contributed by atoms with Gasteiger partial charge in [0, 0.05) is 49.2 Å². The lowest BCUT2D eigenvalue weighted by Crippen LogP contribution is -2.38. The Morgan fingerprint density at radius 3 is 2.69 bits per heavy atom. The predicted molar refractivity (Wildman–Crippen MR) is 105 cm³/mol. The molecule has 1 fully saturated rings. The van der Waals surface area contributed by atoms with Crippen LogP contribution in [0.25, 0.3) is 0 Å². The molecule has 4 rings (SSSR count). The number of hydrogen-bond donors (Lipinski definition) is 1. The fourth-order valence-electron chi connectivity index (χ4n) is 3.59. The Balaban J connectivity index is 1.51. The van der Waals surface area contributed by atoms with Gasteiger partial charge in [-0.25, -0.2) is 4.98 Å². The van der Waals surface area contributed by atoms with Crippen LogP contribution in [0.3, 0.4) is 0 Å². The molecular weight excluding hydrogens is 396 g/mol. The van der Waals surface area contributed by atoms with Crippen molar-refractivity contribution in [3.63, 3.8) is 0 Å². The van der Waals surface area contributed by atoms with Crippen LogP contribution in [0.1, 0.15) is 16.8 Å². The van der Waals surface area contributed by atoms with E-state index in [2.05, 4.69) is 48.9 Å². The summed E-state index contributed by atoms with van der Waals surface area (Å²) in [5.74, 6) is 0.691. The van der Waals surface area contributed by atoms with Crippen molar-refractivity contribution in [2.45, 2.75) is 19.4 Å². The minimum absolute atomic E-state index is 0.0132. The molecule has 2 aliphatic heterocycles. The molecule has 2 aliphatic rings. The van der Waals surface area contributed by atoms with Gasteiger partial charge in [0.25, 0.3) is 5.56 Å². The van der Waals surface area contributed by atoms with Gasteiger partial charge in [-0.1, -0.05) is 34.1 Å². The first kappa shape index (κ1) is 17.7. The van der Waals surface area contributed by atoms with Crippen LogP contribution in [0.5, 0.6) is 0 Å². The Morgan fingerprint density at radius 1 is 1.12 bits per heavy atom. The summed E-state index contributed by atoms with van der Waals surface area (Å²) in [5, 5.41) is 0. The topological polar surface area (TPSA) is 61.5 Å². The number of nitrogens with zero attached hydrogens (tertiary/aromatic N) is 3. The smallest absolute Gasteiger partial charge is 0.255 e. The van der Waals surface area contributed by atoms with Gasteiger partial charge < -0.3 is 9.64 Å². The maximum absolute atomic E-state index is 12.6. The second-order valence-electron chi connectivity index (χ2n) is 6.78. The molecule has 0 amide bonds. The first-order chi connectivity index (χ1) is 12.7. The van der Waals surface area contributed by atoms with Gasteiger partial charge in [0.1, 0.15) is 0 Å². The summed E-state index contributed by atoms with van der Waals surface area (Å²) >= 11 is 3.63. The molecular formula is C19H23BrN4O2. The van der Waals surface area contributed by atoms with Crippen LogP contribution >= 0.6 is 15.9 Å². The Kier molecular flexibility index (Phi) is 5.38. The molecule has 1 N–H and O–H groups in total. The molecule has 138 valence electrons. The Labute approximate surface area is 161 Å². The number of fused-ring (bicyclic) bond motifs is 1. The molecule has 0 spiro atoms. The van der Waals surface area contributed by atoms with Crippen molar-refractivity contribution >= 4 is 21.9 Å². The maximum Gasteiger partial charge on any atom is 0.255 e. The monoisotopic (exact) mass is 418 g/mol. The van der Waals surface area contributed by atoms with Gasteiger partial charge in [-0.3, -0.25) is 14.7 Å². The van der Waals surface area contributed by atoms with Gasteiger partial charge in [-0.15, -0.1) is 0 Å². The lowest BCUT2D eigenvalue weighted by Gasteiger charge is -2.27. The number of morpholine rings is 1. The Morgan fingerprint density at radius 2 is 1.88 bits per heavy atom. The fraction of sp³-hybridized carbons (Fsp3) is 0.474. The van der Waals surface area contributed by atoms with Gasteiger partial charge in [0.15, 0.2) is 0 Å². The van der Waals surface area contributed by atoms with E-state index in [0.29, 0.717) is 19.2 Å². The highest BCUT2D eigenvalue weighted by Gasteiger charge is 2.21. The summed E-state index contributed by atoms with van der Waals surface area (Å²) in [7, 11) is 0. The van der Waals surface area contributed by atoms with E-state index in [1.165, 1.54) is 5.56 Å². The second-order valence-corrected chi connectivity index (χ2v) is 7.64. The molecule has 1 saturated heterocycles. The third-order valence-electron chi connectivity index (χ3n) is 5.09. The number of hydrogen-bond acceptors (Lipinski definition) is 5. The molecule has 0 atom stereocenters. The van der Waals surface area contributed by atoms with Crippen molar-refractivity contribution in [2.24, 2.45) is 0 Å².